The van der Waals surface area contributed by atoms with Crippen LogP contribution in [0.5, 0.6) is 0 Å². The molecule has 0 aromatic carbocycles. The molecule has 0 aliphatic carbocycles. The summed E-state index contributed by atoms with van der Waals surface area (Å²) in [5, 5.41) is 0. The van der Waals surface area contributed by atoms with Gasteiger partial charge in [-0.1, -0.05) is 0 Å². The summed E-state index contributed by atoms with van der Waals surface area (Å²) >= 11 is 0. The first kappa shape index (κ1) is 11.4. The van der Waals surface area contributed by atoms with E-state index in [-0.39, 0.29) is 0 Å². The maximum atomic E-state index is 5.68. The smallest absolute Gasteiger partial charge is 0.0130 e. The highest BCUT2D eigenvalue weighted by Crippen LogP contribution is 2.43. The molecule has 0 aromatic heterocycles. The molecule has 2 atom stereocenters. The Morgan fingerprint density at radius 2 is 1.67 bits per heavy atom. The van der Waals surface area contributed by atoms with Gasteiger partial charge < -0.3 is 5.73 Å². The zero-order valence-electron chi connectivity index (χ0n) is 10.5. The molecule has 0 amide bonds. The minimum Gasteiger partial charge on any atom is -0.330 e. The van der Waals surface area contributed by atoms with Gasteiger partial charge in [0.2, 0.25) is 0 Å². The molecule has 2 heteroatoms. The predicted molar refractivity (Wildman–Crippen MR) is 64.8 cm³/mol. The second kappa shape index (κ2) is 4.06. The van der Waals surface area contributed by atoms with Crippen LogP contribution < -0.4 is 5.73 Å². The summed E-state index contributed by atoms with van der Waals surface area (Å²) in [5.41, 5.74) is 6.04. The van der Waals surface area contributed by atoms with Gasteiger partial charge in [-0.25, -0.2) is 0 Å². The standard InChI is InChI=1S/C13H26N2/c1-13(2,3)15-11-4-5-12(15)9-10(8-11)6-7-14/h10-12H,4-9,14H2,1-3H3. The minimum atomic E-state index is 0.361. The Bertz CT molecular complexity index is 205. The molecule has 0 saturated carbocycles. The van der Waals surface area contributed by atoms with Crippen molar-refractivity contribution >= 4 is 0 Å². The third-order valence-corrected chi connectivity index (χ3v) is 4.18. The monoisotopic (exact) mass is 210 g/mol. The fourth-order valence-corrected chi connectivity index (χ4v) is 3.86. The zero-order chi connectivity index (χ0) is 11.1. The van der Waals surface area contributed by atoms with Crippen LogP contribution in [0.4, 0.5) is 0 Å². The Hall–Kier alpha value is -0.0800. The number of hydrogen-bond donors (Lipinski definition) is 1. The second-order valence-electron chi connectivity index (χ2n) is 6.38. The third kappa shape index (κ3) is 2.21. The first-order chi connectivity index (χ1) is 7.02. The van der Waals surface area contributed by atoms with Gasteiger partial charge >= 0.3 is 0 Å². The van der Waals surface area contributed by atoms with Crippen molar-refractivity contribution in [2.24, 2.45) is 11.7 Å². The van der Waals surface area contributed by atoms with E-state index in [4.69, 9.17) is 5.73 Å². The molecule has 2 bridgehead atoms. The molecule has 2 nitrogen and oxygen atoms in total. The minimum absolute atomic E-state index is 0.361. The Balaban J connectivity index is 2.04. The normalized spacial score (nSPS) is 37.2. The van der Waals surface area contributed by atoms with Crippen LogP contribution in [0.25, 0.3) is 0 Å². The summed E-state index contributed by atoms with van der Waals surface area (Å²) in [6.07, 6.45) is 6.87. The van der Waals surface area contributed by atoms with E-state index in [9.17, 15) is 0 Å². The number of rotatable bonds is 2. The Morgan fingerprint density at radius 3 is 2.07 bits per heavy atom. The highest BCUT2D eigenvalue weighted by atomic mass is 15.3. The Labute approximate surface area is 94.2 Å². The van der Waals surface area contributed by atoms with Crippen molar-refractivity contribution in [3.63, 3.8) is 0 Å². The van der Waals surface area contributed by atoms with E-state index < -0.39 is 0 Å². The van der Waals surface area contributed by atoms with Gasteiger partial charge in [0.25, 0.3) is 0 Å². The van der Waals surface area contributed by atoms with Crippen molar-refractivity contribution in [3.05, 3.63) is 0 Å². The number of piperidine rings is 1. The van der Waals surface area contributed by atoms with Crippen LogP contribution in [-0.2, 0) is 0 Å². The Morgan fingerprint density at radius 1 is 1.13 bits per heavy atom. The van der Waals surface area contributed by atoms with Crippen molar-refractivity contribution in [1.29, 1.82) is 0 Å². The fourth-order valence-electron chi connectivity index (χ4n) is 3.86. The quantitative estimate of drug-likeness (QED) is 0.758. The van der Waals surface area contributed by atoms with Crippen LogP contribution in [0.3, 0.4) is 0 Å². The van der Waals surface area contributed by atoms with E-state index in [0.29, 0.717) is 5.54 Å². The molecule has 2 rings (SSSR count). The van der Waals surface area contributed by atoms with Gasteiger partial charge in [0, 0.05) is 17.6 Å². The molecular formula is C13H26N2. The van der Waals surface area contributed by atoms with Crippen LogP contribution in [0, 0.1) is 5.92 Å². The van der Waals surface area contributed by atoms with E-state index in [1.54, 1.807) is 0 Å². The Kier molecular flexibility index (Phi) is 3.09. The molecule has 0 spiro atoms. The van der Waals surface area contributed by atoms with Crippen LogP contribution in [0.1, 0.15) is 52.9 Å². The molecule has 2 aliphatic rings. The summed E-state index contributed by atoms with van der Waals surface area (Å²) in [6.45, 7) is 7.96. The molecule has 0 radical (unpaired) electrons. The van der Waals surface area contributed by atoms with E-state index in [1.165, 1.54) is 32.1 Å². The molecular weight excluding hydrogens is 184 g/mol. The summed E-state index contributed by atoms with van der Waals surface area (Å²) < 4.78 is 0. The fraction of sp³-hybridized carbons (Fsp3) is 1.00. The van der Waals surface area contributed by atoms with Crippen LogP contribution in [-0.4, -0.2) is 29.1 Å². The molecule has 2 fully saturated rings. The van der Waals surface area contributed by atoms with Crippen molar-refractivity contribution in [2.45, 2.75) is 70.5 Å². The number of nitrogens with two attached hydrogens (primary N) is 1. The highest BCUT2D eigenvalue weighted by molar-refractivity contribution is 4.99. The lowest BCUT2D eigenvalue weighted by atomic mass is 9.85. The first-order valence-corrected chi connectivity index (χ1v) is 6.51. The highest BCUT2D eigenvalue weighted by Gasteiger charge is 2.44. The third-order valence-electron chi connectivity index (χ3n) is 4.18. The SMILES string of the molecule is CC(C)(C)N1C2CCC1CC(CCN)C2. The molecule has 2 unspecified atom stereocenters. The van der Waals surface area contributed by atoms with E-state index in [1.807, 2.05) is 0 Å². The molecule has 2 aliphatic heterocycles. The lowest BCUT2D eigenvalue weighted by Gasteiger charge is -2.46. The molecule has 15 heavy (non-hydrogen) atoms. The topological polar surface area (TPSA) is 29.3 Å². The zero-order valence-corrected chi connectivity index (χ0v) is 10.5. The molecule has 2 heterocycles. The van der Waals surface area contributed by atoms with Crippen molar-refractivity contribution in [3.8, 4) is 0 Å². The summed E-state index contributed by atoms with van der Waals surface area (Å²) in [5.74, 6) is 0.908. The molecule has 2 saturated heterocycles. The van der Waals surface area contributed by atoms with Gasteiger partial charge in [-0.3, -0.25) is 4.90 Å². The van der Waals surface area contributed by atoms with E-state index in [2.05, 4.69) is 25.7 Å². The van der Waals surface area contributed by atoms with E-state index >= 15 is 0 Å². The predicted octanol–water partition coefficient (Wildman–Crippen LogP) is 2.38. The first-order valence-electron chi connectivity index (χ1n) is 6.51. The molecule has 0 aromatic rings. The summed E-state index contributed by atoms with van der Waals surface area (Å²) in [4.78, 5) is 2.78. The number of nitrogens with zero attached hydrogens (tertiary/aromatic N) is 1. The largest absolute Gasteiger partial charge is 0.330 e. The van der Waals surface area contributed by atoms with Crippen molar-refractivity contribution in [1.82, 2.24) is 4.90 Å². The number of fused-ring (bicyclic) bond motifs is 2. The summed E-state index contributed by atoms with van der Waals surface area (Å²) in [6, 6.07) is 1.69. The average molecular weight is 210 g/mol. The van der Waals surface area contributed by atoms with Crippen molar-refractivity contribution < 1.29 is 0 Å². The van der Waals surface area contributed by atoms with Gasteiger partial charge in [0.1, 0.15) is 0 Å². The maximum absolute atomic E-state index is 5.68. The van der Waals surface area contributed by atoms with E-state index in [0.717, 1.165) is 24.5 Å². The lowest BCUT2D eigenvalue weighted by molar-refractivity contribution is 0.0210. The van der Waals surface area contributed by atoms with Crippen LogP contribution in [0.2, 0.25) is 0 Å². The van der Waals surface area contributed by atoms with Crippen LogP contribution in [0.15, 0.2) is 0 Å². The summed E-state index contributed by atoms with van der Waals surface area (Å²) in [7, 11) is 0. The van der Waals surface area contributed by atoms with Gasteiger partial charge in [0.15, 0.2) is 0 Å². The van der Waals surface area contributed by atoms with Gasteiger partial charge in [-0.05, 0) is 65.3 Å². The van der Waals surface area contributed by atoms with Gasteiger partial charge in [0.05, 0.1) is 0 Å². The maximum Gasteiger partial charge on any atom is 0.0130 e. The number of hydrogen-bond acceptors (Lipinski definition) is 2. The molecule has 2 N–H and O–H groups in total. The molecule has 88 valence electrons. The second-order valence-corrected chi connectivity index (χ2v) is 6.38. The van der Waals surface area contributed by atoms with Crippen molar-refractivity contribution in [2.75, 3.05) is 6.54 Å². The van der Waals surface area contributed by atoms with Gasteiger partial charge in [-0.15, -0.1) is 0 Å². The van der Waals surface area contributed by atoms with Gasteiger partial charge in [-0.2, -0.15) is 0 Å². The average Bonchev–Trinajstić information content (AvgIpc) is 2.39. The van der Waals surface area contributed by atoms with Crippen LogP contribution >= 0.6 is 0 Å². The lowest BCUT2D eigenvalue weighted by Crippen LogP contribution is -2.52.